The van der Waals surface area contributed by atoms with Crippen LogP contribution in [0.15, 0.2) is 30.3 Å². The van der Waals surface area contributed by atoms with E-state index in [0.717, 1.165) is 48.7 Å². The molecular weight excluding hydrogens is 333 g/mol. The van der Waals surface area contributed by atoms with Crippen molar-refractivity contribution < 1.29 is 0 Å². The number of nitrogens with one attached hydrogen (secondary N) is 1. The Hall–Kier alpha value is -1.69. The van der Waals surface area contributed by atoms with E-state index in [1.165, 1.54) is 0 Å². The first kappa shape index (κ1) is 14.9. The minimum Gasteiger partial charge on any atom is -0.316 e. The van der Waals surface area contributed by atoms with E-state index in [9.17, 15) is 0 Å². The highest BCUT2D eigenvalue weighted by atomic mass is 35.5. The molecule has 118 valence electrons. The number of halogens is 2. The summed E-state index contributed by atoms with van der Waals surface area (Å²) in [5.74, 6) is 1.24. The summed E-state index contributed by atoms with van der Waals surface area (Å²) in [6, 6.07) is 9.24. The molecule has 0 spiro atoms. The molecule has 23 heavy (non-hydrogen) atoms. The summed E-state index contributed by atoms with van der Waals surface area (Å²) in [5, 5.41) is 17.9. The minimum atomic E-state index is 0.335. The van der Waals surface area contributed by atoms with Crippen molar-refractivity contribution >= 4 is 28.8 Å². The molecule has 0 unspecified atom stereocenters. The lowest BCUT2D eigenvalue weighted by molar-refractivity contribution is 0.440. The summed E-state index contributed by atoms with van der Waals surface area (Å²) >= 11 is 12.3. The van der Waals surface area contributed by atoms with Crippen LogP contribution in [0, 0.1) is 0 Å². The van der Waals surface area contributed by atoms with Gasteiger partial charge in [-0.3, -0.25) is 0 Å². The standard InChI is InChI=1S/C16H15Cl2N5/c17-11-3-4-12(13(18)8-11)14-5-6-15-20-21-16(23(15)22-14)10-2-1-7-19-9-10/h3-6,8,10,19H,1-2,7,9H2/t10-/m0/s1. The average Bonchev–Trinajstić information content (AvgIpc) is 2.99. The van der Waals surface area contributed by atoms with Gasteiger partial charge in [-0.2, -0.15) is 9.61 Å². The molecule has 1 saturated heterocycles. The number of nitrogens with zero attached hydrogens (tertiary/aromatic N) is 4. The van der Waals surface area contributed by atoms with Gasteiger partial charge in [0.1, 0.15) is 0 Å². The maximum absolute atomic E-state index is 6.30. The highest BCUT2D eigenvalue weighted by Gasteiger charge is 2.21. The Morgan fingerprint density at radius 3 is 2.83 bits per heavy atom. The number of aromatic nitrogens is 4. The molecule has 0 saturated carbocycles. The molecule has 4 rings (SSSR count). The molecule has 3 heterocycles. The molecule has 1 aliphatic rings. The third-order valence-corrected chi connectivity index (χ3v) is 4.70. The fourth-order valence-corrected chi connectivity index (χ4v) is 3.48. The molecule has 0 aliphatic carbocycles. The molecule has 1 atom stereocenters. The van der Waals surface area contributed by atoms with Gasteiger partial charge in [0.15, 0.2) is 11.5 Å². The summed E-state index contributed by atoms with van der Waals surface area (Å²) in [6.07, 6.45) is 2.24. The monoisotopic (exact) mass is 347 g/mol. The van der Waals surface area contributed by atoms with E-state index in [4.69, 9.17) is 28.3 Å². The van der Waals surface area contributed by atoms with E-state index in [1.807, 2.05) is 28.8 Å². The Labute approximate surface area is 143 Å². The third kappa shape index (κ3) is 2.80. The SMILES string of the molecule is Clc1ccc(-c2ccc3nnc([C@H]4CCCNC4)n3n2)c(Cl)c1. The second-order valence-corrected chi connectivity index (χ2v) is 6.56. The van der Waals surface area contributed by atoms with Gasteiger partial charge in [0.05, 0.1) is 10.7 Å². The van der Waals surface area contributed by atoms with Crippen LogP contribution >= 0.6 is 23.2 Å². The first-order valence-corrected chi connectivity index (χ1v) is 8.36. The van der Waals surface area contributed by atoms with Crippen LogP contribution in [0.2, 0.25) is 10.0 Å². The van der Waals surface area contributed by atoms with Crippen molar-refractivity contribution in [1.29, 1.82) is 0 Å². The van der Waals surface area contributed by atoms with Crippen LogP contribution < -0.4 is 5.32 Å². The quantitative estimate of drug-likeness (QED) is 0.769. The molecule has 0 radical (unpaired) electrons. The van der Waals surface area contributed by atoms with E-state index in [2.05, 4.69) is 15.5 Å². The third-order valence-electron chi connectivity index (χ3n) is 4.16. The van der Waals surface area contributed by atoms with Gasteiger partial charge in [-0.15, -0.1) is 10.2 Å². The lowest BCUT2D eigenvalue weighted by atomic mass is 9.99. The molecule has 0 amide bonds. The number of fused-ring (bicyclic) bond motifs is 1. The van der Waals surface area contributed by atoms with Crippen LogP contribution in [0.1, 0.15) is 24.6 Å². The molecule has 1 aromatic carbocycles. The smallest absolute Gasteiger partial charge is 0.177 e. The number of piperidine rings is 1. The second kappa shape index (κ2) is 6.07. The van der Waals surface area contributed by atoms with Crippen LogP contribution in [0.4, 0.5) is 0 Å². The van der Waals surface area contributed by atoms with Gasteiger partial charge >= 0.3 is 0 Å². The largest absolute Gasteiger partial charge is 0.316 e. The van der Waals surface area contributed by atoms with Crippen molar-refractivity contribution in [3.8, 4) is 11.3 Å². The lowest BCUT2D eigenvalue weighted by Crippen LogP contribution is -2.29. The van der Waals surface area contributed by atoms with Crippen LogP contribution in [0.5, 0.6) is 0 Å². The van der Waals surface area contributed by atoms with Gasteiger partial charge in [0.2, 0.25) is 0 Å². The van der Waals surface area contributed by atoms with Crippen LogP contribution in [0.3, 0.4) is 0 Å². The molecule has 1 aliphatic heterocycles. The highest BCUT2D eigenvalue weighted by molar-refractivity contribution is 6.36. The molecule has 1 fully saturated rings. The highest BCUT2D eigenvalue weighted by Crippen LogP contribution is 2.29. The van der Waals surface area contributed by atoms with Crippen molar-refractivity contribution in [2.24, 2.45) is 0 Å². The predicted octanol–water partition coefficient (Wildman–Crippen LogP) is 3.57. The van der Waals surface area contributed by atoms with Crippen molar-refractivity contribution in [1.82, 2.24) is 25.1 Å². The van der Waals surface area contributed by atoms with Crippen molar-refractivity contribution in [2.75, 3.05) is 13.1 Å². The van der Waals surface area contributed by atoms with E-state index >= 15 is 0 Å². The van der Waals surface area contributed by atoms with Crippen molar-refractivity contribution in [3.63, 3.8) is 0 Å². The van der Waals surface area contributed by atoms with Crippen molar-refractivity contribution in [2.45, 2.75) is 18.8 Å². The zero-order valence-electron chi connectivity index (χ0n) is 12.3. The summed E-state index contributed by atoms with van der Waals surface area (Å²) in [5.41, 5.74) is 2.38. The van der Waals surface area contributed by atoms with E-state index in [0.29, 0.717) is 16.0 Å². The zero-order chi connectivity index (χ0) is 15.8. The lowest BCUT2D eigenvalue weighted by Gasteiger charge is -2.20. The molecule has 2 aromatic heterocycles. The summed E-state index contributed by atoms with van der Waals surface area (Å²) in [6.45, 7) is 1.97. The summed E-state index contributed by atoms with van der Waals surface area (Å²) < 4.78 is 1.83. The normalized spacial score (nSPS) is 18.4. The second-order valence-electron chi connectivity index (χ2n) is 5.71. The Kier molecular flexibility index (Phi) is 3.93. The maximum atomic E-state index is 6.30. The van der Waals surface area contributed by atoms with E-state index < -0.39 is 0 Å². The molecule has 7 heteroatoms. The van der Waals surface area contributed by atoms with Gasteiger partial charge in [0, 0.05) is 23.0 Å². The van der Waals surface area contributed by atoms with Gasteiger partial charge in [-0.1, -0.05) is 23.2 Å². The topological polar surface area (TPSA) is 55.1 Å². The fourth-order valence-electron chi connectivity index (χ4n) is 2.97. The number of hydrogen-bond acceptors (Lipinski definition) is 4. The molecule has 5 nitrogen and oxygen atoms in total. The first-order chi connectivity index (χ1) is 11.2. The maximum Gasteiger partial charge on any atom is 0.177 e. The molecular formula is C16H15Cl2N5. The van der Waals surface area contributed by atoms with Gasteiger partial charge in [0.25, 0.3) is 0 Å². The minimum absolute atomic E-state index is 0.335. The number of benzene rings is 1. The first-order valence-electron chi connectivity index (χ1n) is 7.61. The van der Waals surface area contributed by atoms with E-state index in [1.54, 1.807) is 6.07 Å². The number of rotatable bonds is 2. The summed E-state index contributed by atoms with van der Waals surface area (Å²) in [4.78, 5) is 0. The van der Waals surface area contributed by atoms with E-state index in [-0.39, 0.29) is 0 Å². The van der Waals surface area contributed by atoms with Gasteiger partial charge in [-0.05, 0) is 49.7 Å². The van der Waals surface area contributed by atoms with Crippen molar-refractivity contribution in [3.05, 3.63) is 46.2 Å². The zero-order valence-corrected chi connectivity index (χ0v) is 13.8. The summed E-state index contributed by atoms with van der Waals surface area (Å²) in [7, 11) is 0. The number of hydrogen-bond donors (Lipinski definition) is 1. The van der Waals surface area contributed by atoms with Crippen LogP contribution in [0.25, 0.3) is 16.9 Å². The molecule has 1 N–H and O–H groups in total. The Balaban J connectivity index is 1.80. The Morgan fingerprint density at radius 2 is 2.04 bits per heavy atom. The van der Waals surface area contributed by atoms with Gasteiger partial charge < -0.3 is 5.32 Å². The van der Waals surface area contributed by atoms with Crippen LogP contribution in [-0.2, 0) is 0 Å². The fraction of sp³-hybridized carbons (Fsp3) is 0.312. The Morgan fingerprint density at radius 1 is 1.13 bits per heavy atom. The van der Waals surface area contributed by atoms with Crippen LogP contribution in [-0.4, -0.2) is 32.9 Å². The average molecular weight is 348 g/mol. The Bertz CT molecular complexity index is 855. The van der Waals surface area contributed by atoms with Gasteiger partial charge in [-0.25, -0.2) is 0 Å². The molecule has 0 bridgehead atoms. The predicted molar refractivity (Wildman–Crippen MR) is 91.1 cm³/mol. The molecule has 3 aromatic rings.